The number of allylic oxidation sites excluding steroid dienone is 10. The van der Waals surface area contributed by atoms with Crippen molar-refractivity contribution in [1.82, 2.24) is 0 Å². The molecule has 5 nitrogen and oxygen atoms in total. The fourth-order valence-electron chi connectivity index (χ4n) is 6.49. The van der Waals surface area contributed by atoms with Crippen LogP contribution in [0, 0.1) is 0 Å². The third-order valence-electron chi connectivity index (χ3n) is 10.0. The van der Waals surface area contributed by atoms with E-state index in [9.17, 15) is 9.59 Å². The highest BCUT2D eigenvalue weighted by atomic mass is 16.6. The molecule has 1 unspecified atom stereocenters. The van der Waals surface area contributed by atoms with Gasteiger partial charge >= 0.3 is 11.9 Å². The summed E-state index contributed by atoms with van der Waals surface area (Å²) >= 11 is 0. The molecule has 0 aromatic heterocycles. The van der Waals surface area contributed by atoms with Gasteiger partial charge in [0, 0.05) is 19.4 Å². The quantitative estimate of drug-likeness (QED) is 0.0350. The maximum Gasteiger partial charge on any atom is 0.306 e. The Balaban J connectivity index is 4.06. The number of carbonyl (C=O) groups excluding carboxylic acids is 2. The molecule has 0 aliphatic rings. The second-order valence-electron chi connectivity index (χ2n) is 15.6. The molecule has 0 aromatic carbocycles. The van der Waals surface area contributed by atoms with Gasteiger partial charge in [-0.25, -0.2) is 0 Å². The fourth-order valence-corrected chi connectivity index (χ4v) is 6.49. The highest BCUT2D eigenvalue weighted by Gasteiger charge is 2.17. The third-order valence-corrected chi connectivity index (χ3v) is 10.0. The van der Waals surface area contributed by atoms with E-state index in [1.54, 1.807) is 0 Å². The van der Waals surface area contributed by atoms with Crippen LogP contribution in [0.2, 0.25) is 0 Å². The molecule has 0 saturated carbocycles. The van der Waals surface area contributed by atoms with E-state index in [0.717, 1.165) is 77.0 Å². The van der Waals surface area contributed by atoms with Crippen molar-refractivity contribution in [3.8, 4) is 0 Å². The van der Waals surface area contributed by atoms with Crippen LogP contribution >= 0.6 is 0 Å². The van der Waals surface area contributed by atoms with E-state index in [2.05, 4.69) is 81.5 Å². The largest absolute Gasteiger partial charge is 0.462 e. The Bertz CT molecular complexity index is 977. The molecule has 0 aromatic rings. The number of carbonyl (C=O) groups is 2. The summed E-state index contributed by atoms with van der Waals surface area (Å²) in [5.41, 5.74) is 0. The summed E-state index contributed by atoms with van der Waals surface area (Å²) in [7, 11) is 0. The fraction of sp³-hybridized carbons (Fsp3) is 0.765. The summed E-state index contributed by atoms with van der Waals surface area (Å²) in [6.45, 7) is 7.60. The Kier molecular flexibility index (Phi) is 45.0. The zero-order chi connectivity index (χ0) is 40.7. The van der Waals surface area contributed by atoms with Gasteiger partial charge < -0.3 is 14.2 Å². The van der Waals surface area contributed by atoms with Gasteiger partial charge in [-0.05, 0) is 83.5 Å². The summed E-state index contributed by atoms with van der Waals surface area (Å²) in [6, 6.07) is 0. The molecular formula is C51H90O5. The van der Waals surface area contributed by atoms with Crippen LogP contribution in [-0.2, 0) is 23.8 Å². The molecule has 5 heteroatoms. The van der Waals surface area contributed by atoms with Gasteiger partial charge in [-0.15, -0.1) is 0 Å². The van der Waals surface area contributed by atoms with Crippen molar-refractivity contribution in [3.63, 3.8) is 0 Å². The van der Waals surface area contributed by atoms with Crippen LogP contribution in [-0.4, -0.2) is 37.9 Å². The molecule has 0 heterocycles. The van der Waals surface area contributed by atoms with Crippen molar-refractivity contribution in [1.29, 1.82) is 0 Å². The van der Waals surface area contributed by atoms with Crippen LogP contribution in [0.25, 0.3) is 0 Å². The Morgan fingerprint density at radius 1 is 0.411 bits per heavy atom. The van der Waals surface area contributed by atoms with Crippen molar-refractivity contribution >= 4 is 11.9 Å². The summed E-state index contributed by atoms with van der Waals surface area (Å²) in [6.07, 6.45) is 58.2. The van der Waals surface area contributed by atoms with E-state index in [-0.39, 0.29) is 25.2 Å². The third kappa shape index (κ3) is 44.3. The Labute approximate surface area is 347 Å². The van der Waals surface area contributed by atoms with Crippen molar-refractivity contribution < 1.29 is 23.8 Å². The predicted octanol–water partition coefficient (Wildman–Crippen LogP) is 15.8. The first-order valence-corrected chi connectivity index (χ1v) is 23.8. The van der Waals surface area contributed by atoms with E-state index in [1.165, 1.54) is 116 Å². The molecule has 0 N–H and O–H groups in total. The molecular weight excluding hydrogens is 693 g/mol. The average molecular weight is 783 g/mol. The average Bonchev–Trinajstić information content (AvgIpc) is 3.20. The number of hydrogen-bond donors (Lipinski definition) is 0. The van der Waals surface area contributed by atoms with Crippen molar-refractivity contribution in [2.75, 3.05) is 19.8 Å². The number of rotatable bonds is 43. The van der Waals surface area contributed by atoms with Crippen molar-refractivity contribution in [3.05, 3.63) is 60.8 Å². The van der Waals surface area contributed by atoms with Crippen LogP contribution in [0.1, 0.15) is 226 Å². The second-order valence-corrected chi connectivity index (χ2v) is 15.6. The van der Waals surface area contributed by atoms with Crippen LogP contribution in [0.15, 0.2) is 60.8 Å². The lowest BCUT2D eigenvalue weighted by Gasteiger charge is -2.18. The van der Waals surface area contributed by atoms with Crippen LogP contribution in [0.3, 0.4) is 0 Å². The molecule has 324 valence electrons. The molecule has 0 spiro atoms. The van der Waals surface area contributed by atoms with Crippen LogP contribution in [0.5, 0.6) is 0 Å². The minimum absolute atomic E-state index is 0.0773. The second kappa shape index (κ2) is 47.0. The van der Waals surface area contributed by atoms with Gasteiger partial charge in [0.25, 0.3) is 0 Å². The Hall–Kier alpha value is -2.40. The SMILES string of the molecule is CC/C=C\C/C=C\C/C=C\CCCCCCCCCCOCC(COC(=O)CCCCCCCCC/C=C\C/C=C\CCCCC)OC(=O)CCCCCCC. The van der Waals surface area contributed by atoms with Gasteiger partial charge in [0.15, 0.2) is 6.10 Å². The number of esters is 2. The van der Waals surface area contributed by atoms with Gasteiger partial charge in [-0.1, -0.05) is 191 Å². The Morgan fingerprint density at radius 3 is 1.32 bits per heavy atom. The molecule has 0 fully saturated rings. The molecule has 56 heavy (non-hydrogen) atoms. The van der Waals surface area contributed by atoms with E-state index in [4.69, 9.17) is 14.2 Å². The van der Waals surface area contributed by atoms with Gasteiger partial charge in [0.1, 0.15) is 6.61 Å². The molecule has 0 saturated heterocycles. The van der Waals surface area contributed by atoms with Gasteiger partial charge in [0.05, 0.1) is 6.61 Å². The first kappa shape index (κ1) is 53.6. The summed E-state index contributed by atoms with van der Waals surface area (Å²) in [5.74, 6) is -0.421. The topological polar surface area (TPSA) is 61.8 Å². The number of ether oxygens (including phenoxy) is 3. The molecule has 0 aliphatic carbocycles. The standard InChI is InChI=1S/C51H90O5/c1-4-7-10-13-15-17-19-21-23-25-27-29-31-33-35-37-40-43-46-54-47-49(56-51(53)45-42-38-12-9-6-3)48-55-50(52)44-41-39-36-34-32-30-28-26-24-22-20-18-16-14-11-8-5-2/h7,10,15-18,21-24,49H,4-6,8-9,11-14,19-20,25-48H2,1-3H3/b10-7-,17-15-,18-16-,23-21-,24-22-. The predicted molar refractivity (Wildman–Crippen MR) is 242 cm³/mol. The lowest BCUT2D eigenvalue weighted by molar-refractivity contribution is -0.163. The minimum atomic E-state index is -0.539. The van der Waals surface area contributed by atoms with Gasteiger partial charge in [-0.2, -0.15) is 0 Å². The smallest absolute Gasteiger partial charge is 0.306 e. The Morgan fingerprint density at radius 2 is 0.804 bits per heavy atom. The maximum absolute atomic E-state index is 12.6. The molecule has 0 bridgehead atoms. The molecule has 1 atom stereocenters. The lowest BCUT2D eigenvalue weighted by atomic mass is 10.1. The lowest BCUT2D eigenvalue weighted by Crippen LogP contribution is -2.30. The molecule has 0 rings (SSSR count). The van der Waals surface area contributed by atoms with E-state index in [1.807, 2.05) is 0 Å². The summed E-state index contributed by atoms with van der Waals surface area (Å²) < 4.78 is 17.2. The maximum atomic E-state index is 12.6. The first-order chi connectivity index (χ1) is 27.6. The van der Waals surface area contributed by atoms with Crippen molar-refractivity contribution in [2.24, 2.45) is 0 Å². The van der Waals surface area contributed by atoms with Crippen molar-refractivity contribution in [2.45, 2.75) is 232 Å². The normalized spacial score (nSPS) is 12.7. The van der Waals surface area contributed by atoms with E-state index >= 15 is 0 Å². The van der Waals surface area contributed by atoms with E-state index in [0.29, 0.717) is 19.4 Å². The molecule has 0 radical (unpaired) electrons. The minimum Gasteiger partial charge on any atom is -0.462 e. The molecule has 0 aliphatic heterocycles. The summed E-state index contributed by atoms with van der Waals surface area (Å²) in [4.78, 5) is 25.1. The number of hydrogen-bond acceptors (Lipinski definition) is 5. The zero-order valence-corrected chi connectivity index (χ0v) is 37.1. The first-order valence-electron chi connectivity index (χ1n) is 23.8. The van der Waals surface area contributed by atoms with Crippen LogP contribution in [0.4, 0.5) is 0 Å². The monoisotopic (exact) mass is 783 g/mol. The zero-order valence-electron chi connectivity index (χ0n) is 37.1. The molecule has 0 amide bonds. The van der Waals surface area contributed by atoms with Gasteiger partial charge in [-0.3, -0.25) is 9.59 Å². The van der Waals surface area contributed by atoms with E-state index < -0.39 is 6.10 Å². The summed E-state index contributed by atoms with van der Waals surface area (Å²) in [5, 5.41) is 0. The van der Waals surface area contributed by atoms with Gasteiger partial charge in [0.2, 0.25) is 0 Å². The highest BCUT2D eigenvalue weighted by Crippen LogP contribution is 2.13. The highest BCUT2D eigenvalue weighted by molar-refractivity contribution is 5.70. The van der Waals surface area contributed by atoms with Crippen LogP contribution < -0.4 is 0 Å². The number of unbranched alkanes of at least 4 members (excludes halogenated alkanes) is 22.